The van der Waals surface area contributed by atoms with Gasteiger partial charge in [0.05, 0.1) is 41.9 Å². The van der Waals surface area contributed by atoms with E-state index in [1.807, 2.05) is 24.3 Å². The monoisotopic (exact) mass is 561 g/mol. The number of hydrogen-bond donors (Lipinski definition) is 1. The highest BCUT2D eigenvalue weighted by atomic mass is 19.4. The quantitative estimate of drug-likeness (QED) is 0.146. The Balaban J connectivity index is 1.57. The summed E-state index contributed by atoms with van der Waals surface area (Å²) in [5, 5.41) is 4.23. The van der Waals surface area contributed by atoms with Crippen LogP contribution in [0.25, 0.3) is 21.8 Å². The molecule has 0 bridgehead atoms. The molecule has 3 aromatic rings. The second-order valence-corrected chi connectivity index (χ2v) is 10.1. The van der Waals surface area contributed by atoms with Crippen molar-refractivity contribution in [3.63, 3.8) is 0 Å². The first-order chi connectivity index (χ1) is 19.3. The highest BCUT2D eigenvalue weighted by Crippen LogP contribution is 2.48. The third-order valence-corrected chi connectivity index (χ3v) is 7.33. The van der Waals surface area contributed by atoms with E-state index in [2.05, 4.69) is 10.2 Å². The molecule has 0 radical (unpaired) electrons. The summed E-state index contributed by atoms with van der Waals surface area (Å²) >= 11 is 0. The second-order valence-electron chi connectivity index (χ2n) is 10.1. The molecule has 2 fully saturated rings. The van der Waals surface area contributed by atoms with Gasteiger partial charge in [-0.15, -0.1) is 0 Å². The fraction of sp³-hybridized carbons (Fsp3) is 0.517. The Hall–Kier alpha value is -3.31. The summed E-state index contributed by atoms with van der Waals surface area (Å²) in [6.45, 7) is 4.34. The first-order valence-corrected chi connectivity index (χ1v) is 13.8. The molecule has 1 atom stereocenters. The number of anilines is 1. The Morgan fingerprint density at radius 3 is 2.65 bits per heavy atom. The minimum absolute atomic E-state index is 0.0583. The number of esters is 1. The minimum atomic E-state index is -5.21. The predicted octanol–water partition coefficient (Wildman–Crippen LogP) is 5.71. The summed E-state index contributed by atoms with van der Waals surface area (Å²) in [6, 6.07) is 8.91. The van der Waals surface area contributed by atoms with Crippen molar-refractivity contribution in [2.24, 2.45) is 0 Å². The number of hydrogen-bond acceptors (Lipinski definition) is 8. The number of carbonyl (C=O) groups is 1. The highest BCUT2D eigenvalue weighted by Gasteiger charge is 2.42. The lowest BCUT2D eigenvalue weighted by Gasteiger charge is -2.25. The lowest BCUT2D eigenvalue weighted by atomic mass is 10.0. The van der Waals surface area contributed by atoms with E-state index >= 15 is 0 Å². The third-order valence-electron chi connectivity index (χ3n) is 7.33. The zero-order chi connectivity index (χ0) is 28.1. The number of carbonyl (C=O) groups excluding carboxylic acids is 1. The van der Waals surface area contributed by atoms with Gasteiger partial charge in [-0.05, 0) is 57.7 Å². The smallest absolute Gasteiger partial charge is 0.490 e. The average molecular weight is 562 g/mol. The SMILES string of the molecule is COc1c(OCCCN2CCCC2)cc2nc3ccccc3c(NCC3CCCCO3)c2c1OC(=O)C(F)(F)F. The zero-order valence-corrected chi connectivity index (χ0v) is 22.5. The summed E-state index contributed by atoms with van der Waals surface area (Å²) < 4.78 is 62.7. The number of para-hydroxylation sites is 1. The van der Waals surface area contributed by atoms with Crippen molar-refractivity contribution in [1.82, 2.24) is 9.88 Å². The van der Waals surface area contributed by atoms with Gasteiger partial charge in [-0.25, -0.2) is 9.78 Å². The van der Waals surface area contributed by atoms with E-state index in [1.54, 1.807) is 6.07 Å². The van der Waals surface area contributed by atoms with Gasteiger partial charge in [0, 0.05) is 31.1 Å². The van der Waals surface area contributed by atoms with E-state index in [9.17, 15) is 18.0 Å². The van der Waals surface area contributed by atoms with Gasteiger partial charge < -0.3 is 29.2 Å². The molecule has 0 spiro atoms. The molecule has 216 valence electrons. The molecular formula is C29H34F3N3O5. The van der Waals surface area contributed by atoms with Crippen molar-refractivity contribution in [1.29, 1.82) is 0 Å². The van der Waals surface area contributed by atoms with Gasteiger partial charge in [0.2, 0.25) is 5.75 Å². The van der Waals surface area contributed by atoms with Crippen LogP contribution in [-0.2, 0) is 9.53 Å². The lowest BCUT2D eigenvalue weighted by Crippen LogP contribution is -2.28. The first kappa shape index (κ1) is 28.2. The van der Waals surface area contributed by atoms with Gasteiger partial charge in [-0.3, -0.25) is 0 Å². The molecule has 2 saturated heterocycles. The summed E-state index contributed by atoms with van der Waals surface area (Å²) in [6.07, 6.45) is 0.695. The van der Waals surface area contributed by atoms with E-state index in [-0.39, 0.29) is 28.7 Å². The zero-order valence-electron chi connectivity index (χ0n) is 22.5. The van der Waals surface area contributed by atoms with Gasteiger partial charge in [0.1, 0.15) is 0 Å². The van der Waals surface area contributed by atoms with Crippen LogP contribution in [0.15, 0.2) is 30.3 Å². The average Bonchev–Trinajstić information content (AvgIpc) is 3.47. The Morgan fingerprint density at radius 2 is 1.93 bits per heavy atom. The van der Waals surface area contributed by atoms with E-state index in [1.165, 1.54) is 20.0 Å². The van der Waals surface area contributed by atoms with Crippen molar-refractivity contribution in [2.45, 2.75) is 50.8 Å². The molecular weight excluding hydrogens is 527 g/mol. The number of pyridine rings is 1. The van der Waals surface area contributed by atoms with Crippen molar-refractivity contribution in [3.8, 4) is 17.2 Å². The maximum absolute atomic E-state index is 13.4. The fourth-order valence-corrected chi connectivity index (χ4v) is 5.37. The molecule has 11 heteroatoms. The molecule has 1 unspecified atom stereocenters. The first-order valence-electron chi connectivity index (χ1n) is 13.8. The number of benzene rings is 2. The van der Waals surface area contributed by atoms with E-state index in [4.69, 9.17) is 23.9 Å². The molecule has 0 saturated carbocycles. The molecule has 1 aromatic heterocycles. The maximum Gasteiger partial charge on any atom is 0.491 e. The Labute approximate surface area is 230 Å². The van der Waals surface area contributed by atoms with Crippen molar-refractivity contribution < 1.29 is 36.9 Å². The third kappa shape index (κ3) is 6.36. The number of aromatic nitrogens is 1. The van der Waals surface area contributed by atoms with Gasteiger partial charge in [-0.1, -0.05) is 18.2 Å². The molecule has 1 N–H and O–H groups in total. The molecule has 2 aliphatic heterocycles. The molecule has 5 rings (SSSR count). The van der Waals surface area contributed by atoms with Crippen LogP contribution in [0.1, 0.15) is 38.5 Å². The van der Waals surface area contributed by atoms with Gasteiger partial charge >= 0.3 is 12.1 Å². The van der Waals surface area contributed by atoms with Gasteiger partial charge in [0.25, 0.3) is 0 Å². The fourth-order valence-electron chi connectivity index (χ4n) is 5.37. The molecule has 2 aromatic carbocycles. The van der Waals surface area contributed by atoms with Crippen molar-refractivity contribution in [3.05, 3.63) is 30.3 Å². The molecule has 3 heterocycles. The Bertz CT molecular complexity index is 1340. The summed E-state index contributed by atoms with van der Waals surface area (Å²) in [5.41, 5.74) is 1.42. The predicted molar refractivity (Wildman–Crippen MR) is 145 cm³/mol. The van der Waals surface area contributed by atoms with Crippen LogP contribution < -0.4 is 19.5 Å². The number of halogens is 3. The number of ether oxygens (including phenoxy) is 4. The van der Waals surface area contributed by atoms with Crippen LogP contribution in [0.3, 0.4) is 0 Å². The number of methoxy groups -OCH3 is 1. The summed E-state index contributed by atoms with van der Waals surface area (Å²) in [7, 11) is 1.31. The summed E-state index contributed by atoms with van der Waals surface area (Å²) in [4.78, 5) is 19.2. The molecule has 0 amide bonds. The normalized spacial score (nSPS) is 18.2. The standard InChI is InChI=1S/C29H34F3N3O5/c1-37-26-23(39-16-8-14-35-12-5-6-13-35)17-22-24(27(26)40-28(36)29(30,31)32)25(20-10-2-3-11-21(20)34-22)33-18-19-9-4-7-15-38-19/h2-3,10-11,17,19H,4-9,12-16,18H2,1H3,(H,33,34). The maximum atomic E-state index is 13.4. The van der Waals surface area contributed by atoms with E-state index in [0.717, 1.165) is 45.3 Å². The topological polar surface area (TPSA) is 82.2 Å². The van der Waals surface area contributed by atoms with Crippen LogP contribution in [-0.4, -0.2) is 74.6 Å². The van der Waals surface area contributed by atoms with E-state index in [0.29, 0.717) is 41.9 Å². The van der Waals surface area contributed by atoms with Crippen LogP contribution in [0, 0.1) is 0 Å². The molecule has 8 nitrogen and oxygen atoms in total. The number of nitrogens with zero attached hydrogens (tertiary/aromatic N) is 2. The van der Waals surface area contributed by atoms with Gasteiger partial charge in [0.15, 0.2) is 11.5 Å². The van der Waals surface area contributed by atoms with Crippen molar-refractivity contribution in [2.75, 3.05) is 51.8 Å². The molecule has 0 aliphatic carbocycles. The summed E-state index contributed by atoms with van der Waals surface area (Å²) in [5.74, 6) is -2.68. The number of nitrogens with one attached hydrogen (secondary N) is 1. The minimum Gasteiger partial charge on any atom is -0.490 e. The van der Waals surface area contributed by atoms with Crippen molar-refractivity contribution >= 4 is 33.5 Å². The van der Waals surface area contributed by atoms with Crippen LogP contribution in [0.5, 0.6) is 17.2 Å². The molecule has 40 heavy (non-hydrogen) atoms. The highest BCUT2D eigenvalue weighted by molar-refractivity contribution is 6.12. The van der Waals surface area contributed by atoms with E-state index < -0.39 is 12.1 Å². The Kier molecular flexibility index (Phi) is 8.80. The Morgan fingerprint density at radius 1 is 1.12 bits per heavy atom. The number of alkyl halides is 3. The molecule has 2 aliphatic rings. The van der Waals surface area contributed by atoms with Crippen LogP contribution >= 0.6 is 0 Å². The van der Waals surface area contributed by atoms with Gasteiger partial charge in [-0.2, -0.15) is 13.2 Å². The largest absolute Gasteiger partial charge is 0.491 e. The second kappa shape index (κ2) is 12.5. The van der Waals surface area contributed by atoms with Crippen LogP contribution in [0.4, 0.5) is 18.9 Å². The lowest BCUT2D eigenvalue weighted by molar-refractivity contribution is -0.189. The number of fused-ring (bicyclic) bond motifs is 2. The number of rotatable bonds is 10. The van der Waals surface area contributed by atoms with Crippen LogP contribution in [0.2, 0.25) is 0 Å². The number of likely N-dealkylation sites (tertiary alicyclic amines) is 1.